The molecule has 0 saturated carbocycles. The summed E-state index contributed by atoms with van der Waals surface area (Å²) in [4.78, 5) is 22.9. The van der Waals surface area contributed by atoms with Crippen molar-refractivity contribution in [2.45, 2.75) is 13.0 Å². The van der Waals surface area contributed by atoms with Crippen molar-refractivity contribution in [1.82, 2.24) is 5.32 Å². The van der Waals surface area contributed by atoms with Gasteiger partial charge in [-0.3, -0.25) is 4.21 Å². The molecule has 1 aromatic carbocycles. The number of benzene rings is 1. The number of carbonyl (C=O) groups is 2. The van der Waals surface area contributed by atoms with E-state index in [4.69, 9.17) is 5.11 Å². The van der Waals surface area contributed by atoms with Crippen LogP contribution in [0.25, 0.3) is 0 Å². The molecular formula is C12H15IN2O4S. The fourth-order valence-corrected chi connectivity index (χ4v) is 2.86. The van der Waals surface area contributed by atoms with E-state index in [2.05, 4.69) is 10.6 Å². The Morgan fingerprint density at radius 1 is 1.45 bits per heavy atom. The number of hydrogen-bond acceptors (Lipinski definition) is 3. The second-order valence-electron chi connectivity index (χ2n) is 4.23. The lowest BCUT2D eigenvalue weighted by Gasteiger charge is -2.14. The first-order chi connectivity index (χ1) is 9.29. The van der Waals surface area contributed by atoms with Crippen molar-refractivity contribution in [3.8, 4) is 0 Å². The summed E-state index contributed by atoms with van der Waals surface area (Å²) in [6.45, 7) is 1.73. The molecule has 8 heteroatoms. The Kier molecular flexibility index (Phi) is 6.40. The fourth-order valence-electron chi connectivity index (χ4n) is 1.58. The van der Waals surface area contributed by atoms with E-state index in [1.54, 1.807) is 19.2 Å². The van der Waals surface area contributed by atoms with E-state index < -0.39 is 22.8 Å². The Morgan fingerprint density at radius 3 is 2.65 bits per heavy atom. The van der Waals surface area contributed by atoms with Gasteiger partial charge in [0.15, 0.2) is 0 Å². The molecule has 2 atom stereocenters. The minimum atomic E-state index is -1.11. The normalized spacial score (nSPS) is 13.3. The molecule has 0 fully saturated rings. The van der Waals surface area contributed by atoms with Gasteiger partial charge in [-0.25, -0.2) is 9.59 Å². The molecule has 0 radical (unpaired) electrons. The first-order valence-electron chi connectivity index (χ1n) is 5.70. The van der Waals surface area contributed by atoms with Gasteiger partial charge in [-0.1, -0.05) is 0 Å². The molecule has 0 aliphatic carbocycles. The highest BCUT2D eigenvalue weighted by molar-refractivity contribution is 14.1. The number of halogens is 1. The molecule has 20 heavy (non-hydrogen) atoms. The molecule has 1 aromatic rings. The van der Waals surface area contributed by atoms with E-state index in [0.29, 0.717) is 5.75 Å². The Morgan fingerprint density at radius 2 is 2.10 bits per heavy atom. The Balaban J connectivity index is 2.76. The standard InChI is InChI=1S/C12H15IN2O4S/c1-7(6-20(2)19)14-12(18)15-10-4-3-8(13)5-9(10)11(16)17/h3-5,7H,6H2,1-2H3,(H,16,17)(H2,14,15,18). The van der Waals surface area contributed by atoms with Crippen LogP contribution in [0.5, 0.6) is 0 Å². The van der Waals surface area contributed by atoms with Crippen LogP contribution in [-0.4, -0.2) is 39.4 Å². The predicted molar refractivity (Wildman–Crippen MR) is 86.7 cm³/mol. The number of anilines is 1. The first kappa shape index (κ1) is 16.9. The number of hydrogen-bond donors (Lipinski definition) is 3. The van der Waals surface area contributed by atoms with E-state index in [1.165, 1.54) is 12.1 Å². The summed E-state index contributed by atoms with van der Waals surface area (Å²) < 4.78 is 11.8. The highest BCUT2D eigenvalue weighted by Crippen LogP contribution is 2.18. The van der Waals surface area contributed by atoms with Crippen LogP contribution in [0.2, 0.25) is 0 Å². The summed E-state index contributed by atoms with van der Waals surface area (Å²) in [7, 11) is -1.01. The summed E-state index contributed by atoms with van der Waals surface area (Å²) in [6, 6.07) is 3.92. The molecule has 1 rings (SSSR count). The van der Waals surface area contributed by atoms with Gasteiger partial charge in [0, 0.05) is 32.4 Å². The van der Waals surface area contributed by atoms with Crippen molar-refractivity contribution in [2.75, 3.05) is 17.3 Å². The summed E-state index contributed by atoms with van der Waals surface area (Å²) in [5.74, 6) is -0.771. The van der Waals surface area contributed by atoms with Gasteiger partial charge in [0.05, 0.1) is 11.3 Å². The van der Waals surface area contributed by atoms with Crippen molar-refractivity contribution < 1.29 is 18.9 Å². The SMILES string of the molecule is CC(CS(C)=O)NC(=O)Nc1ccc(I)cc1C(=O)O. The lowest BCUT2D eigenvalue weighted by atomic mass is 10.2. The number of carbonyl (C=O) groups excluding carboxylic acids is 1. The number of carboxylic acids is 1. The number of amides is 2. The van der Waals surface area contributed by atoms with E-state index in [0.717, 1.165) is 3.57 Å². The summed E-state index contributed by atoms with van der Waals surface area (Å²) in [6.07, 6.45) is 1.55. The number of carboxylic acid groups (broad SMARTS) is 1. The van der Waals surface area contributed by atoms with Crippen LogP contribution in [0.3, 0.4) is 0 Å². The molecule has 110 valence electrons. The molecular weight excluding hydrogens is 395 g/mol. The minimum absolute atomic E-state index is 0.0266. The van der Waals surface area contributed by atoms with Crippen molar-refractivity contribution in [2.24, 2.45) is 0 Å². The largest absolute Gasteiger partial charge is 0.478 e. The van der Waals surface area contributed by atoms with E-state index >= 15 is 0 Å². The summed E-state index contributed by atoms with van der Waals surface area (Å²) in [5.41, 5.74) is 0.249. The maximum atomic E-state index is 11.7. The van der Waals surface area contributed by atoms with Gasteiger partial charge in [-0.05, 0) is 47.7 Å². The fraction of sp³-hybridized carbons (Fsp3) is 0.333. The average molecular weight is 410 g/mol. The van der Waals surface area contributed by atoms with Crippen molar-refractivity contribution >= 4 is 51.1 Å². The second-order valence-corrected chi connectivity index (χ2v) is 6.96. The maximum Gasteiger partial charge on any atom is 0.337 e. The van der Waals surface area contributed by atoms with E-state index in [9.17, 15) is 13.8 Å². The van der Waals surface area contributed by atoms with Crippen LogP contribution in [0.4, 0.5) is 10.5 Å². The van der Waals surface area contributed by atoms with Gasteiger partial charge in [-0.2, -0.15) is 0 Å². The molecule has 0 aliphatic rings. The van der Waals surface area contributed by atoms with Crippen LogP contribution in [-0.2, 0) is 10.8 Å². The molecule has 0 saturated heterocycles. The number of rotatable bonds is 5. The number of nitrogens with one attached hydrogen (secondary N) is 2. The van der Waals surface area contributed by atoms with Crippen molar-refractivity contribution in [3.63, 3.8) is 0 Å². The lowest BCUT2D eigenvalue weighted by molar-refractivity contribution is 0.0698. The zero-order valence-electron chi connectivity index (χ0n) is 11.0. The maximum absolute atomic E-state index is 11.7. The van der Waals surface area contributed by atoms with Crippen LogP contribution in [0.1, 0.15) is 17.3 Å². The third-order valence-electron chi connectivity index (χ3n) is 2.32. The Labute approximate surface area is 132 Å². The van der Waals surface area contributed by atoms with Crippen LogP contribution in [0, 0.1) is 3.57 Å². The van der Waals surface area contributed by atoms with E-state index in [-0.39, 0.29) is 17.3 Å². The quantitative estimate of drug-likeness (QED) is 0.646. The van der Waals surface area contributed by atoms with Crippen LogP contribution in [0.15, 0.2) is 18.2 Å². The summed E-state index contributed by atoms with van der Waals surface area (Å²) >= 11 is 2.00. The van der Waals surface area contributed by atoms with Gasteiger partial charge in [0.1, 0.15) is 0 Å². The zero-order chi connectivity index (χ0) is 15.3. The molecule has 3 N–H and O–H groups in total. The molecule has 0 heterocycles. The highest BCUT2D eigenvalue weighted by atomic mass is 127. The van der Waals surface area contributed by atoms with Gasteiger partial charge < -0.3 is 15.7 Å². The smallest absolute Gasteiger partial charge is 0.337 e. The van der Waals surface area contributed by atoms with Gasteiger partial charge >= 0.3 is 12.0 Å². The second kappa shape index (κ2) is 7.58. The summed E-state index contributed by atoms with van der Waals surface area (Å²) in [5, 5.41) is 14.2. The van der Waals surface area contributed by atoms with Crippen LogP contribution < -0.4 is 10.6 Å². The molecule has 6 nitrogen and oxygen atoms in total. The highest BCUT2D eigenvalue weighted by Gasteiger charge is 2.14. The molecule has 0 spiro atoms. The van der Waals surface area contributed by atoms with Crippen LogP contribution >= 0.6 is 22.6 Å². The Hall–Kier alpha value is -1.16. The number of aromatic carboxylic acids is 1. The molecule has 0 bridgehead atoms. The topological polar surface area (TPSA) is 95.5 Å². The molecule has 0 aromatic heterocycles. The predicted octanol–water partition coefficient (Wildman–Crippen LogP) is 1.88. The lowest BCUT2D eigenvalue weighted by Crippen LogP contribution is -2.39. The van der Waals surface area contributed by atoms with E-state index in [1.807, 2.05) is 22.6 Å². The van der Waals surface area contributed by atoms with Crippen molar-refractivity contribution in [1.29, 1.82) is 0 Å². The molecule has 0 aliphatic heterocycles. The third-order valence-corrected chi connectivity index (χ3v) is 3.96. The minimum Gasteiger partial charge on any atom is -0.478 e. The Bertz CT molecular complexity index is 550. The average Bonchev–Trinajstić information content (AvgIpc) is 2.29. The van der Waals surface area contributed by atoms with Crippen molar-refractivity contribution in [3.05, 3.63) is 27.3 Å². The van der Waals surface area contributed by atoms with Gasteiger partial charge in [-0.15, -0.1) is 0 Å². The third kappa shape index (κ3) is 5.45. The zero-order valence-corrected chi connectivity index (χ0v) is 13.9. The number of urea groups is 1. The molecule has 2 amide bonds. The van der Waals surface area contributed by atoms with Gasteiger partial charge in [0.2, 0.25) is 0 Å². The monoisotopic (exact) mass is 410 g/mol. The van der Waals surface area contributed by atoms with Gasteiger partial charge in [0.25, 0.3) is 0 Å². The first-order valence-corrected chi connectivity index (χ1v) is 8.50. The molecule has 2 unspecified atom stereocenters.